The lowest BCUT2D eigenvalue weighted by molar-refractivity contribution is -0.161. The van der Waals surface area contributed by atoms with Gasteiger partial charge in [0.25, 0.3) is 5.91 Å². The predicted molar refractivity (Wildman–Crippen MR) is 112 cm³/mol. The van der Waals surface area contributed by atoms with Crippen LogP contribution in [-0.4, -0.2) is 42.1 Å². The number of amides is 1. The second-order valence-corrected chi connectivity index (χ2v) is 7.71. The summed E-state index contributed by atoms with van der Waals surface area (Å²) < 4.78 is 10.8. The number of carbonyl (C=O) groups excluding carboxylic acids is 2. The van der Waals surface area contributed by atoms with E-state index in [-0.39, 0.29) is 18.0 Å². The molecule has 0 N–H and O–H groups in total. The van der Waals surface area contributed by atoms with Crippen molar-refractivity contribution in [2.75, 3.05) is 7.11 Å². The molecule has 2 aromatic rings. The zero-order valence-electron chi connectivity index (χ0n) is 17.9. The maximum Gasteiger partial charge on any atom is 0.313 e. The molecule has 0 unspecified atom stereocenters. The molecule has 0 bridgehead atoms. The third kappa shape index (κ3) is 4.83. The normalized spacial score (nSPS) is 13.5. The van der Waals surface area contributed by atoms with E-state index in [9.17, 15) is 9.59 Å². The molecule has 5 nitrogen and oxygen atoms in total. The van der Waals surface area contributed by atoms with Gasteiger partial charge in [-0.2, -0.15) is 0 Å². The maximum absolute atomic E-state index is 12.7. The molecule has 0 heterocycles. The molecule has 0 radical (unpaired) electrons. The minimum atomic E-state index is -0.815. The van der Waals surface area contributed by atoms with E-state index < -0.39 is 18.0 Å². The van der Waals surface area contributed by atoms with Crippen molar-refractivity contribution in [1.29, 1.82) is 0 Å². The number of ether oxygens (including phenoxy) is 2. The number of methoxy groups -OCH3 is 1. The van der Waals surface area contributed by atoms with Gasteiger partial charge in [-0.15, -0.1) is 0 Å². The van der Waals surface area contributed by atoms with E-state index in [1.54, 1.807) is 25.9 Å². The van der Waals surface area contributed by atoms with Crippen LogP contribution in [0.4, 0.5) is 0 Å². The van der Waals surface area contributed by atoms with Crippen LogP contribution in [0.1, 0.15) is 53.0 Å². The molecule has 2 rings (SSSR count). The van der Waals surface area contributed by atoms with E-state index in [1.165, 1.54) is 0 Å². The number of hydrogen-bond donors (Lipinski definition) is 0. The maximum atomic E-state index is 12.7. The van der Waals surface area contributed by atoms with Crippen molar-refractivity contribution in [2.45, 2.75) is 65.6 Å². The molecule has 0 aliphatic carbocycles. The van der Waals surface area contributed by atoms with E-state index in [2.05, 4.69) is 0 Å². The van der Waals surface area contributed by atoms with E-state index in [0.717, 1.165) is 22.1 Å². The Morgan fingerprint density at radius 3 is 2.00 bits per heavy atom. The Morgan fingerprint density at radius 1 is 0.857 bits per heavy atom. The van der Waals surface area contributed by atoms with Crippen molar-refractivity contribution in [1.82, 2.24) is 4.90 Å². The van der Waals surface area contributed by atoms with Gasteiger partial charge in [-0.05, 0) is 70.0 Å². The molecular weight excluding hydrogens is 354 g/mol. The SMILES string of the molecule is COc1ccc2cc([C@H](C)C(=O)O[C@@H](C)C(=O)N(C(C)C)C(C)C)ccc2c1. The van der Waals surface area contributed by atoms with Crippen LogP contribution >= 0.6 is 0 Å². The zero-order chi connectivity index (χ0) is 21.0. The fraction of sp³-hybridized carbons (Fsp3) is 0.478. The highest BCUT2D eigenvalue weighted by Gasteiger charge is 2.29. The third-order valence-electron chi connectivity index (χ3n) is 4.93. The van der Waals surface area contributed by atoms with E-state index in [4.69, 9.17) is 9.47 Å². The van der Waals surface area contributed by atoms with Gasteiger partial charge >= 0.3 is 5.97 Å². The zero-order valence-corrected chi connectivity index (χ0v) is 17.9. The first-order valence-electron chi connectivity index (χ1n) is 9.76. The van der Waals surface area contributed by atoms with Crippen molar-refractivity contribution in [3.8, 4) is 5.75 Å². The molecular formula is C23H31NO4. The van der Waals surface area contributed by atoms with Crippen LogP contribution in [-0.2, 0) is 14.3 Å². The van der Waals surface area contributed by atoms with Gasteiger partial charge < -0.3 is 14.4 Å². The number of carbonyl (C=O) groups is 2. The standard InChI is InChI=1S/C23H31NO4/c1-14(2)24(15(3)4)22(25)17(6)28-23(26)16(5)18-8-9-20-13-21(27-7)11-10-19(20)12-18/h8-17H,1-7H3/t16-,17-/m0/s1. The molecule has 0 spiro atoms. The first kappa shape index (κ1) is 21.7. The summed E-state index contributed by atoms with van der Waals surface area (Å²) in [4.78, 5) is 27.1. The molecule has 0 saturated carbocycles. The number of nitrogens with zero attached hydrogens (tertiary/aromatic N) is 1. The smallest absolute Gasteiger partial charge is 0.313 e. The number of fused-ring (bicyclic) bond motifs is 1. The van der Waals surface area contributed by atoms with E-state index in [0.29, 0.717) is 0 Å². The molecule has 0 aliphatic rings. The average Bonchev–Trinajstić information content (AvgIpc) is 2.65. The van der Waals surface area contributed by atoms with Gasteiger partial charge in [-0.1, -0.05) is 24.3 Å². The number of rotatable bonds is 7. The number of benzene rings is 2. The van der Waals surface area contributed by atoms with Crippen molar-refractivity contribution >= 4 is 22.6 Å². The lowest BCUT2D eigenvalue weighted by atomic mass is 9.97. The van der Waals surface area contributed by atoms with Gasteiger partial charge in [0, 0.05) is 12.1 Å². The Labute approximate surface area is 167 Å². The largest absolute Gasteiger partial charge is 0.497 e. The molecule has 0 saturated heterocycles. The molecule has 28 heavy (non-hydrogen) atoms. The summed E-state index contributed by atoms with van der Waals surface area (Å²) >= 11 is 0. The van der Waals surface area contributed by atoms with Crippen molar-refractivity contribution < 1.29 is 19.1 Å². The van der Waals surface area contributed by atoms with Crippen LogP contribution in [0, 0.1) is 0 Å². The highest BCUT2D eigenvalue weighted by atomic mass is 16.5. The Hall–Kier alpha value is -2.56. The van der Waals surface area contributed by atoms with Crippen LogP contribution in [0.25, 0.3) is 10.8 Å². The van der Waals surface area contributed by atoms with Crippen LogP contribution < -0.4 is 4.74 Å². The molecule has 0 fully saturated rings. The van der Waals surface area contributed by atoms with E-state index >= 15 is 0 Å². The number of hydrogen-bond acceptors (Lipinski definition) is 4. The molecule has 2 aromatic carbocycles. The number of esters is 1. The minimum Gasteiger partial charge on any atom is -0.497 e. The van der Waals surface area contributed by atoms with Gasteiger partial charge in [-0.25, -0.2) is 0 Å². The van der Waals surface area contributed by atoms with Gasteiger partial charge in [0.1, 0.15) is 5.75 Å². The topological polar surface area (TPSA) is 55.8 Å². The molecule has 0 aromatic heterocycles. The molecule has 152 valence electrons. The predicted octanol–water partition coefficient (Wildman–Crippen LogP) is 4.53. The Kier molecular flexibility index (Phi) is 7.05. The molecule has 2 atom stereocenters. The Balaban J connectivity index is 2.13. The lowest BCUT2D eigenvalue weighted by Crippen LogP contribution is -2.47. The van der Waals surface area contributed by atoms with Gasteiger partial charge in [0.05, 0.1) is 13.0 Å². The van der Waals surface area contributed by atoms with Gasteiger partial charge in [-0.3, -0.25) is 9.59 Å². The van der Waals surface area contributed by atoms with Crippen molar-refractivity contribution in [3.05, 3.63) is 42.0 Å². The highest BCUT2D eigenvalue weighted by Crippen LogP contribution is 2.26. The fourth-order valence-corrected chi connectivity index (χ4v) is 3.42. The molecule has 0 aliphatic heterocycles. The Bertz CT molecular complexity index is 836. The monoisotopic (exact) mass is 385 g/mol. The third-order valence-corrected chi connectivity index (χ3v) is 4.93. The molecule has 1 amide bonds. The first-order valence-corrected chi connectivity index (χ1v) is 9.76. The van der Waals surface area contributed by atoms with Crippen LogP contribution in [0.2, 0.25) is 0 Å². The van der Waals surface area contributed by atoms with Gasteiger partial charge in [0.2, 0.25) is 0 Å². The van der Waals surface area contributed by atoms with Crippen molar-refractivity contribution in [3.63, 3.8) is 0 Å². The van der Waals surface area contributed by atoms with Crippen LogP contribution in [0.3, 0.4) is 0 Å². The summed E-state index contributed by atoms with van der Waals surface area (Å²) in [5.74, 6) is -0.245. The summed E-state index contributed by atoms with van der Waals surface area (Å²) in [6.45, 7) is 11.3. The molecule has 5 heteroatoms. The Morgan fingerprint density at radius 2 is 1.43 bits per heavy atom. The highest BCUT2D eigenvalue weighted by molar-refractivity contribution is 5.88. The summed E-state index contributed by atoms with van der Waals surface area (Å²) in [5, 5.41) is 2.06. The second kappa shape index (κ2) is 9.09. The summed E-state index contributed by atoms with van der Waals surface area (Å²) in [7, 11) is 1.63. The minimum absolute atomic E-state index is 0.0450. The summed E-state index contributed by atoms with van der Waals surface area (Å²) in [5.41, 5.74) is 0.854. The van der Waals surface area contributed by atoms with Crippen molar-refractivity contribution in [2.24, 2.45) is 0 Å². The second-order valence-electron chi connectivity index (χ2n) is 7.71. The lowest BCUT2D eigenvalue weighted by Gasteiger charge is -2.33. The first-order chi connectivity index (χ1) is 13.1. The average molecular weight is 386 g/mol. The van der Waals surface area contributed by atoms with Crippen LogP contribution in [0.15, 0.2) is 36.4 Å². The van der Waals surface area contributed by atoms with E-state index in [1.807, 2.05) is 64.1 Å². The summed E-state index contributed by atoms with van der Waals surface area (Å²) in [6, 6.07) is 11.7. The quantitative estimate of drug-likeness (QED) is 0.657. The van der Waals surface area contributed by atoms with Crippen LogP contribution in [0.5, 0.6) is 5.75 Å². The fourth-order valence-electron chi connectivity index (χ4n) is 3.42. The van der Waals surface area contributed by atoms with Gasteiger partial charge in [0.15, 0.2) is 6.10 Å². The summed E-state index contributed by atoms with van der Waals surface area (Å²) in [6.07, 6.45) is -0.815.